The summed E-state index contributed by atoms with van der Waals surface area (Å²) in [7, 11) is 0. The van der Waals surface area contributed by atoms with Crippen LogP contribution in [0.4, 0.5) is 0 Å². The number of fused-ring (bicyclic) bond motifs is 3. The second kappa shape index (κ2) is 6.45. The third-order valence-corrected chi connectivity index (χ3v) is 6.64. The molecule has 4 heteroatoms. The molecule has 0 amide bonds. The number of epoxide rings is 1. The molecule has 4 nitrogen and oxygen atoms in total. The van der Waals surface area contributed by atoms with E-state index in [1.54, 1.807) is 0 Å². The zero-order valence-corrected chi connectivity index (χ0v) is 15.1. The van der Waals surface area contributed by atoms with Crippen molar-refractivity contribution >= 4 is 5.97 Å². The summed E-state index contributed by atoms with van der Waals surface area (Å²) in [6.07, 6.45) is 10.5. The first kappa shape index (κ1) is 16.6. The molecule has 0 aromatic carbocycles. The largest absolute Gasteiger partial charge is 0.459 e. The van der Waals surface area contributed by atoms with E-state index in [0.717, 1.165) is 45.3 Å². The summed E-state index contributed by atoms with van der Waals surface area (Å²) in [6, 6.07) is 0. The lowest BCUT2D eigenvalue weighted by atomic mass is 9.80. The van der Waals surface area contributed by atoms with Crippen LogP contribution in [0.2, 0.25) is 0 Å². The smallest absolute Gasteiger partial charge is 0.311 e. The van der Waals surface area contributed by atoms with Crippen molar-refractivity contribution in [1.82, 2.24) is 4.90 Å². The summed E-state index contributed by atoms with van der Waals surface area (Å²) in [6.45, 7) is 7.56. The Morgan fingerprint density at radius 2 is 2.08 bits per heavy atom. The fraction of sp³-hybridized carbons (Fsp3) is 0.850. The minimum atomic E-state index is -0.0860. The molecule has 3 aliphatic heterocycles. The molecule has 0 radical (unpaired) electrons. The Kier molecular flexibility index (Phi) is 4.46. The van der Waals surface area contributed by atoms with Crippen molar-refractivity contribution in [3.8, 4) is 0 Å². The number of esters is 1. The molecule has 0 N–H and O–H groups in total. The van der Waals surface area contributed by atoms with Crippen LogP contribution >= 0.6 is 0 Å². The predicted octanol–water partition coefficient (Wildman–Crippen LogP) is 3.31. The van der Waals surface area contributed by atoms with Crippen LogP contribution in [0.3, 0.4) is 0 Å². The molecule has 0 bridgehead atoms. The van der Waals surface area contributed by atoms with Gasteiger partial charge in [0, 0.05) is 12.5 Å². The van der Waals surface area contributed by atoms with Crippen LogP contribution < -0.4 is 0 Å². The van der Waals surface area contributed by atoms with Crippen molar-refractivity contribution < 1.29 is 14.3 Å². The van der Waals surface area contributed by atoms with Gasteiger partial charge >= 0.3 is 5.97 Å². The van der Waals surface area contributed by atoms with Gasteiger partial charge in [0.15, 0.2) is 0 Å². The number of carbonyl (C=O) groups excluding carboxylic acids is 1. The highest BCUT2D eigenvalue weighted by Crippen LogP contribution is 2.50. The van der Waals surface area contributed by atoms with Crippen LogP contribution in [0, 0.1) is 11.8 Å². The Balaban J connectivity index is 1.52. The van der Waals surface area contributed by atoms with Crippen molar-refractivity contribution in [2.24, 2.45) is 11.8 Å². The van der Waals surface area contributed by atoms with E-state index in [1.807, 2.05) is 0 Å². The topological polar surface area (TPSA) is 42.1 Å². The molecule has 3 heterocycles. The lowest BCUT2D eigenvalue weighted by molar-refractivity contribution is -0.145. The van der Waals surface area contributed by atoms with E-state index in [9.17, 15) is 4.79 Å². The molecular formula is C20H31NO3. The van der Waals surface area contributed by atoms with Crippen LogP contribution in [-0.2, 0) is 14.3 Å². The predicted molar refractivity (Wildman–Crippen MR) is 92.7 cm³/mol. The molecule has 134 valence electrons. The number of ether oxygens (including phenoxy) is 2. The zero-order chi connectivity index (χ0) is 16.7. The highest BCUT2D eigenvalue weighted by atomic mass is 16.6. The number of hydrogen-bond acceptors (Lipinski definition) is 4. The minimum absolute atomic E-state index is 0.0225. The normalized spacial score (nSPS) is 45.6. The first-order chi connectivity index (χ1) is 11.6. The average molecular weight is 333 g/mol. The van der Waals surface area contributed by atoms with E-state index in [4.69, 9.17) is 9.47 Å². The molecule has 0 saturated carbocycles. The van der Waals surface area contributed by atoms with Crippen molar-refractivity contribution in [3.05, 3.63) is 11.6 Å². The second-order valence-electron chi connectivity index (χ2n) is 8.51. The molecule has 0 aromatic heterocycles. The minimum Gasteiger partial charge on any atom is -0.459 e. The quantitative estimate of drug-likeness (QED) is 0.442. The maximum Gasteiger partial charge on any atom is 0.311 e. The van der Waals surface area contributed by atoms with Crippen molar-refractivity contribution in [3.63, 3.8) is 0 Å². The molecule has 4 rings (SSSR count). The number of hydrogen-bond donors (Lipinski definition) is 0. The fourth-order valence-electron chi connectivity index (χ4n) is 4.97. The molecule has 5 atom stereocenters. The first-order valence-corrected chi connectivity index (χ1v) is 9.83. The molecule has 0 spiro atoms. The van der Waals surface area contributed by atoms with E-state index in [2.05, 4.69) is 24.8 Å². The fourth-order valence-corrected chi connectivity index (χ4v) is 4.97. The molecular weight excluding hydrogens is 302 g/mol. The van der Waals surface area contributed by atoms with E-state index in [1.165, 1.54) is 24.8 Å². The highest BCUT2D eigenvalue weighted by molar-refractivity contribution is 5.75. The summed E-state index contributed by atoms with van der Waals surface area (Å²) < 4.78 is 11.9. The van der Waals surface area contributed by atoms with Crippen molar-refractivity contribution in [1.29, 1.82) is 0 Å². The van der Waals surface area contributed by atoms with Crippen LogP contribution in [-0.4, -0.2) is 48.3 Å². The average Bonchev–Trinajstić information content (AvgIpc) is 3.14. The third-order valence-electron chi connectivity index (χ3n) is 6.64. The number of rotatable bonds is 2. The van der Waals surface area contributed by atoms with E-state index >= 15 is 0 Å². The van der Waals surface area contributed by atoms with Gasteiger partial charge in [0.1, 0.15) is 12.2 Å². The van der Waals surface area contributed by atoms with Crippen LogP contribution in [0.25, 0.3) is 0 Å². The number of carbonyl (C=O) groups is 1. The van der Waals surface area contributed by atoms with Gasteiger partial charge in [0.2, 0.25) is 0 Å². The summed E-state index contributed by atoms with van der Waals surface area (Å²) in [5.74, 6) is 0.371. The second-order valence-corrected chi connectivity index (χ2v) is 8.51. The van der Waals surface area contributed by atoms with Gasteiger partial charge < -0.3 is 14.4 Å². The van der Waals surface area contributed by atoms with Crippen LogP contribution in [0.1, 0.15) is 58.8 Å². The van der Waals surface area contributed by atoms with E-state index < -0.39 is 0 Å². The standard InChI is InChI=1S/C20H31NO3/c1-14-7-6-10-20(2)18(24-20)17-15(9-8-14)16(19(22)23-17)13-21-11-4-3-5-12-21/h7,15-18H,3-6,8-13H2,1-2H3/b14-7+/t15-,16-,17-,18+,20+/m0/s1. The molecule has 24 heavy (non-hydrogen) atoms. The van der Waals surface area contributed by atoms with Gasteiger partial charge in [0.05, 0.1) is 11.5 Å². The lowest BCUT2D eigenvalue weighted by Crippen LogP contribution is -2.39. The first-order valence-electron chi connectivity index (χ1n) is 9.83. The molecule has 1 aliphatic carbocycles. The molecule has 3 fully saturated rings. The van der Waals surface area contributed by atoms with Gasteiger partial charge in [-0.25, -0.2) is 0 Å². The summed E-state index contributed by atoms with van der Waals surface area (Å²) in [4.78, 5) is 15.1. The maximum absolute atomic E-state index is 12.6. The monoisotopic (exact) mass is 333 g/mol. The number of allylic oxidation sites excluding steroid dienone is 2. The van der Waals surface area contributed by atoms with Crippen molar-refractivity contribution in [2.75, 3.05) is 19.6 Å². The van der Waals surface area contributed by atoms with Gasteiger partial charge in [-0.15, -0.1) is 0 Å². The highest BCUT2D eigenvalue weighted by Gasteiger charge is 2.62. The Morgan fingerprint density at radius 3 is 2.88 bits per heavy atom. The Labute approximate surface area is 145 Å². The molecule has 0 aromatic rings. The molecule has 0 unspecified atom stereocenters. The Morgan fingerprint density at radius 1 is 1.29 bits per heavy atom. The van der Waals surface area contributed by atoms with E-state index in [-0.39, 0.29) is 29.7 Å². The van der Waals surface area contributed by atoms with Gasteiger partial charge in [-0.3, -0.25) is 4.79 Å². The molecule has 3 saturated heterocycles. The van der Waals surface area contributed by atoms with Gasteiger partial charge in [0.25, 0.3) is 0 Å². The summed E-state index contributed by atoms with van der Waals surface area (Å²) >= 11 is 0. The summed E-state index contributed by atoms with van der Waals surface area (Å²) in [5, 5.41) is 0. The number of likely N-dealkylation sites (tertiary alicyclic amines) is 1. The van der Waals surface area contributed by atoms with Crippen LogP contribution in [0.15, 0.2) is 11.6 Å². The van der Waals surface area contributed by atoms with Crippen molar-refractivity contribution in [2.45, 2.75) is 76.6 Å². The number of piperidine rings is 1. The molecule has 4 aliphatic rings. The Hall–Kier alpha value is -0.870. The third kappa shape index (κ3) is 3.15. The van der Waals surface area contributed by atoms with Crippen LogP contribution in [0.5, 0.6) is 0 Å². The SMILES string of the molecule is C/C1=C\CC[C@@]2(C)O[C@@H]2[C@H]2OC(=O)[C@@H](CN3CCCCC3)[C@@H]2CC1. The van der Waals surface area contributed by atoms with Gasteiger partial charge in [-0.1, -0.05) is 18.1 Å². The van der Waals surface area contributed by atoms with E-state index in [0.29, 0.717) is 5.92 Å². The summed E-state index contributed by atoms with van der Waals surface area (Å²) in [5.41, 5.74) is 1.37. The number of nitrogens with zero attached hydrogens (tertiary/aromatic N) is 1. The Bertz CT molecular complexity index is 525. The maximum atomic E-state index is 12.6. The van der Waals surface area contributed by atoms with Gasteiger partial charge in [-0.05, 0) is 65.5 Å². The zero-order valence-electron chi connectivity index (χ0n) is 15.1. The lowest BCUT2D eigenvalue weighted by Gasteiger charge is -2.30. The van der Waals surface area contributed by atoms with Gasteiger partial charge in [-0.2, -0.15) is 0 Å².